The minimum absolute atomic E-state index is 0.0286. The number of carbonyl (C=O) groups excluding carboxylic acids is 2. The maximum absolute atomic E-state index is 13.4. The molecule has 0 saturated carbocycles. The number of likely N-dealkylation sites (N-methyl/N-ethyl adjacent to an activating group) is 1. The Hall–Kier alpha value is -3.91. The van der Waals surface area contributed by atoms with E-state index in [2.05, 4.69) is 76.1 Å². The third-order valence-electron chi connectivity index (χ3n) is 8.78. The molecule has 4 heterocycles. The molecule has 1 N–H and O–H groups in total. The van der Waals surface area contributed by atoms with Gasteiger partial charge in [-0.05, 0) is 56.4 Å². The second-order valence-electron chi connectivity index (χ2n) is 11.1. The number of likely N-dealkylation sites (tertiary alicyclic amines) is 1. The SMILES string of the molecule is C=CC(=O)N1CCN(c2cc(C(=O)NC[C@H]3CCCN3C)nc3c2CCN(c2cccc4ccccc24)C3)CC1. The van der Waals surface area contributed by atoms with Crippen molar-refractivity contribution < 1.29 is 9.59 Å². The monoisotopic (exact) mass is 538 g/mol. The summed E-state index contributed by atoms with van der Waals surface area (Å²) in [4.78, 5) is 39.5. The number of rotatable bonds is 6. The first-order valence-corrected chi connectivity index (χ1v) is 14.4. The van der Waals surface area contributed by atoms with Gasteiger partial charge in [0.25, 0.3) is 5.91 Å². The van der Waals surface area contributed by atoms with Crippen LogP contribution in [-0.4, -0.2) is 85.5 Å². The van der Waals surface area contributed by atoms with Crippen LogP contribution in [-0.2, 0) is 17.8 Å². The van der Waals surface area contributed by atoms with Crippen LogP contribution in [0.3, 0.4) is 0 Å². The van der Waals surface area contributed by atoms with Crippen molar-refractivity contribution in [2.45, 2.75) is 31.8 Å². The summed E-state index contributed by atoms with van der Waals surface area (Å²) < 4.78 is 0. The molecule has 0 bridgehead atoms. The molecule has 2 fully saturated rings. The molecule has 8 heteroatoms. The second-order valence-corrected chi connectivity index (χ2v) is 11.1. The molecular formula is C32H38N6O2. The zero-order chi connectivity index (χ0) is 27.6. The molecule has 3 aliphatic heterocycles. The van der Waals surface area contributed by atoms with E-state index in [-0.39, 0.29) is 11.8 Å². The quantitative estimate of drug-likeness (QED) is 0.485. The van der Waals surface area contributed by atoms with E-state index >= 15 is 0 Å². The summed E-state index contributed by atoms with van der Waals surface area (Å²) in [5, 5.41) is 5.61. The molecule has 0 aliphatic carbocycles. The summed E-state index contributed by atoms with van der Waals surface area (Å²) in [6, 6.07) is 17.3. The van der Waals surface area contributed by atoms with Gasteiger partial charge in [0.2, 0.25) is 5.91 Å². The third kappa shape index (κ3) is 5.16. The van der Waals surface area contributed by atoms with Crippen LogP contribution >= 0.6 is 0 Å². The van der Waals surface area contributed by atoms with Gasteiger partial charge in [-0.3, -0.25) is 9.59 Å². The Morgan fingerprint density at radius 1 is 1.00 bits per heavy atom. The van der Waals surface area contributed by atoms with Gasteiger partial charge in [-0.2, -0.15) is 0 Å². The van der Waals surface area contributed by atoms with Crippen molar-refractivity contribution in [2.24, 2.45) is 0 Å². The number of anilines is 2. The predicted molar refractivity (Wildman–Crippen MR) is 160 cm³/mol. The predicted octanol–water partition coefficient (Wildman–Crippen LogP) is 3.46. The molecule has 3 aromatic rings. The number of fused-ring (bicyclic) bond motifs is 2. The van der Waals surface area contributed by atoms with Gasteiger partial charge in [0.15, 0.2) is 0 Å². The fourth-order valence-corrected chi connectivity index (χ4v) is 6.44. The number of carbonyl (C=O) groups is 2. The molecule has 0 unspecified atom stereocenters. The Balaban J connectivity index is 1.30. The molecule has 2 amide bonds. The van der Waals surface area contributed by atoms with Crippen LogP contribution in [0.5, 0.6) is 0 Å². The average molecular weight is 539 g/mol. The fourth-order valence-electron chi connectivity index (χ4n) is 6.44. The maximum atomic E-state index is 13.4. The standard InChI is InChI=1S/C32H38N6O2/c1-3-31(39)37-18-16-36(17-19-37)30-20-27(32(40)33-21-24-10-7-14-35(24)2)34-28-22-38(15-13-26(28)30)29-12-6-9-23-8-4-5-11-25(23)29/h3-6,8-9,11-12,20,24H,1,7,10,13-19,21-22H2,2H3,(H,33,40)/t24-/m1/s1. The average Bonchev–Trinajstić information content (AvgIpc) is 3.42. The van der Waals surface area contributed by atoms with E-state index in [0.29, 0.717) is 37.9 Å². The van der Waals surface area contributed by atoms with Crippen molar-refractivity contribution in [1.29, 1.82) is 0 Å². The highest BCUT2D eigenvalue weighted by molar-refractivity contribution is 5.95. The zero-order valence-corrected chi connectivity index (χ0v) is 23.3. The van der Waals surface area contributed by atoms with Crippen LogP contribution < -0.4 is 15.1 Å². The van der Waals surface area contributed by atoms with Gasteiger partial charge in [-0.25, -0.2) is 4.98 Å². The highest BCUT2D eigenvalue weighted by atomic mass is 16.2. The first-order chi connectivity index (χ1) is 19.5. The molecule has 8 nitrogen and oxygen atoms in total. The van der Waals surface area contributed by atoms with Crippen molar-refractivity contribution in [3.63, 3.8) is 0 Å². The largest absolute Gasteiger partial charge is 0.368 e. The molecule has 0 spiro atoms. The van der Waals surface area contributed by atoms with E-state index in [1.807, 2.05) is 11.0 Å². The van der Waals surface area contributed by atoms with Crippen LogP contribution in [0.4, 0.5) is 11.4 Å². The number of nitrogens with one attached hydrogen (secondary N) is 1. The number of nitrogens with zero attached hydrogens (tertiary/aromatic N) is 5. The third-order valence-corrected chi connectivity index (χ3v) is 8.78. The number of hydrogen-bond acceptors (Lipinski definition) is 6. The van der Waals surface area contributed by atoms with Crippen LogP contribution in [0.1, 0.15) is 34.6 Å². The molecule has 2 saturated heterocycles. The number of aromatic nitrogens is 1. The van der Waals surface area contributed by atoms with E-state index in [0.717, 1.165) is 50.4 Å². The van der Waals surface area contributed by atoms with Crippen LogP contribution in [0, 0.1) is 0 Å². The zero-order valence-electron chi connectivity index (χ0n) is 23.3. The Bertz CT molecular complexity index is 1420. The lowest BCUT2D eigenvalue weighted by atomic mass is 9.98. The van der Waals surface area contributed by atoms with Crippen molar-refractivity contribution in [1.82, 2.24) is 20.1 Å². The Kier molecular flexibility index (Phi) is 7.43. The summed E-state index contributed by atoms with van der Waals surface area (Å²) in [7, 11) is 2.12. The first kappa shape index (κ1) is 26.3. The highest BCUT2D eigenvalue weighted by Crippen LogP contribution is 2.34. The van der Waals surface area contributed by atoms with Crippen LogP contribution in [0.15, 0.2) is 61.2 Å². The van der Waals surface area contributed by atoms with Gasteiger partial charge in [0.05, 0.1) is 12.2 Å². The summed E-state index contributed by atoms with van der Waals surface area (Å²) in [6.07, 6.45) is 4.51. The summed E-state index contributed by atoms with van der Waals surface area (Å²) in [5.41, 5.74) is 4.93. The van der Waals surface area contributed by atoms with Crippen molar-refractivity contribution in [3.8, 4) is 0 Å². The van der Waals surface area contributed by atoms with Gasteiger partial charge in [0.1, 0.15) is 5.69 Å². The number of benzene rings is 2. The smallest absolute Gasteiger partial charge is 0.270 e. The molecule has 40 heavy (non-hydrogen) atoms. The fraction of sp³-hybridized carbons (Fsp3) is 0.406. The van der Waals surface area contributed by atoms with Crippen LogP contribution in [0.2, 0.25) is 0 Å². The number of amides is 2. The van der Waals surface area contributed by atoms with E-state index in [1.165, 1.54) is 34.5 Å². The maximum Gasteiger partial charge on any atom is 0.270 e. The molecule has 208 valence electrons. The van der Waals surface area contributed by atoms with Crippen molar-refractivity contribution in [3.05, 3.63) is 78.1 Å². The van der Waals surface area contributed by atoms with Crippen molar-refractivity contribution >= 4 is 34.0 Å². The van der Waals surface area contributed by atoms with E-state index in [9.17, 15) is 9.59 Å². The summed E-state index contributed by atoms with van der Waals surface area (Å²) >= 11 is 0. The summed E-state index contributed by atoms with van der Waals surface area (Å²) in [5.74, 6) is -0.147. The van der Waals surface area contributed by atoms with Gasteiger partial charge >= 0.3 is 0 Å². The van der Waals surface area contributed by atoms with Gasteiger partial charge < -0.3 is 24.9 Å². The molecule has 0 radical (unpaired) electrons. The lowest BCUT2D eigenvalue weighted by Gasteiger charge is -2.39. The minimum atomic E-state index is -0.118. The van der Waals surface area contributed by atoms with E-state index in [4.69, 9.17) is 4.98 Å². The molecular weight excluding hydrogens is 500 g/mol. The minimum Gasteiger partial charge on any atom is -0.368 e. The van der Waals surface area contributed by atoms with E-state index in [1.54, 1.807) is 0 Å². The lowest BCUT2D eigenvalue weighted by molar-refractivity contribution is -0.126. The van der Waals surface area contributed by atoms with Crippen LogP contribution in [0.25, 0.3) is 10.8 Å². The first-order valence-electron chi connectivity index (χ1n) is 14.4. The van der Waals surface area contributed by atoms with Gasteiger partial charge in [-0.1, -0.05) is 43.0 Å². The summed E-state index contributed by atoms with van der Waals surface area (Å²) in [6.45, 7) is 9.59. The highest BCUT2D eigenvalue weighted by Gasteiger charge is 2.29. The topological polar surface area (TPSA) is 72.0 Å². The number of pyridine rings is 1. The molecule has 2 aromatic carbocycles. The Morgan fingerprint density at radius 3 is 2.58 bits per heavy atom. The lowest BCUT2D eigenvalue weighted by Crippen LogP contribution is -2.49. The molecule has 6 rings (SSSR count). The van der Waals surface area contributed by atoms with E-state index < -0.39 is 0 Å². The number of piperazine rings is 1. The molecule has 1 aromatic heterocycles. The molecule has 3 aliphatic rings. The van der Waals surface area contributed by atoms with Gasteiger partial charge in [-0.15, -0.1) is 0 Å². The van der Waals surface area contributed by atoms with Gasteiger partial charge in [0, 0.05) is 67.6 Å². The molecule has 1 atom stereocenters. The normalized spacial score (nSPS) is 19.5. The number of hydrogen-bond donors (Lipinski definition) is 1. The Labute approximate surface area is 236 Å². The van der Waals surface area contributed by atoms with Crippen molar-refractivity contribution in [2.75, 3.05) is 62.7 Å². The second kappa shape index (κ2) is 11.3. The Morgan fingerprint density at radius 2 is 1.80 bits per heavy atom.